The maximum Gasteiger partial charge on any atom is 0.407 e. The van der Waals surface area contributed by atoms with E-state index in [0.29, 0.717) is 5.75 Å². The quantitative estimate of drug-likeness (QED) is 0.0936. The molecule has 6 aromatic rings. The lowest BCUT2D eigenvalue weighted by Crippen LogP contribution is -2.55. The molecule has 7 rings (SSSR count). The van der Waals surface area contributed by atoms with Gasteiger partial charge in [0.1, 0.15) is 30.0 Å². The fourth-order valence-electron chi connectivity index (χ4n) is 8.26. The van der Waals surface area contributed by atoms with Gasteiger partial charge in [-0.3, -0.25) is 4.79 Å². The molecule has 0 saturated heterocycles. The van der Waals surface area contributed by atoms with Crippen LogP contribution in [0.3, 0.4) is 0 Å². The van der Waals surface area contributed by atoms with E-state index in [1.807, 2.05) is 136 Å². The summed E-state index contributed by atoms with van der Waals surface area (Å²) in [6, 6.07) is 51.3. The molecule has 0 saturated carbocycles. The van der Waals surface area contributed by atoms with Crippen molar-refractivity contribution >= 4 is 29.7 Å². The second-order valence-corrected chi connectivity index (χ2v) is 17.4. The summed E-state index contributed by atoms with van der Waals surface area (Å²) in [4.78, 5) is 43.5. The highest BCUT2D eigenvalue weighted by Crippen LogP contribution is 2.49. The number of carbonyl (C=O) groups excluding carboxylic acids is 2. The first-order chi connectivity index (χ1) is 29.5. The zero-order chi connectivity index (χ0) is 43.0. The normalized spacial score (nSPS) is 13.3. The molecule has 0 heterocycles. The fourth-order valence-corrected chi connectivity index (χ4v) is 9.90. The Morgan fingerprint density at radius 1 is 0.689 bits per heavy atom. The predicted octanol–water partition coefficient (Wildman–Crippen LogP) is 10.3. The number of hydrogen-bond donors (Lipinski definition) is 2. The van der Waals surface area contributed by atoms with E-state index in [1.54, 1.807) is 6.92 Å². The van der Waals surface area contributed by atoms with Crippen molar-refractivity contribution in [2.75, 3.05) is 18.9 Å². The van der Waals surface area contributed by atoms with Crippen LogP contribution < -0.4 is 10.1 Å². The van der Waals surface area contributed by atoms with E-state index in [0.717, 1.165) is 44.5 Å². The molecule has 0 unspecified atom stereocenters. The Labute approximate surface area is 362 Å². The number of carbonyl (C=O) groups is 3. The molecule has 0 aliphatic heterocycles. The summed E-state index contributed by atoms with van der Waals surface area (Å²) in [5.41, 5.74) is 7.62. The number of hydrogen-bond acceptors (Lipinski definition) is 6. The van der Waals surface area contributed by atoms with Crippen molar-refractivity contribution in [3.05, 3.63) is 197 Å². The second-order valence-electron chi connectivity index (χ2n) is 16.2. The average molecular weight is 833 g/mol. The SMILES string of the molecule is CCN(C(=O)[C@H](Cc1ccc(OC(C)(C)C)cc1)NC(=O)OCC1c2ccccc2-c2ccccc21)[C@@H](CSC(c1ccccc1)(c1ccccc1)c1ccccc1)C(=O)O. The zero-order valence-corrected chi connectivity index (χ0v) is 35.8. The summed E-state index contributed by atoms with van der Waals surface area (Å²) in [6.45, 7) is 7.81. The van der Waals surface area contributed by atoms with Crippen molar-refractivity contribution in [1.82, 2.24) is 10.2 Å². The number of aliphatic carboxylic acids is 1. The Morgan fingerprint density at radius 3 is 1.62 bits per heavy atom. The maximum absolute atomic E-state index is 14.9. The van der Waals surface area contributed by atoms with Crippen LogP contribution in [0.25, 0.3) is 11.1 Å². The molecule has 0 fully saturated rings. The van der Waals surface area contributed by atoms with E-state index in [-0.39, 0.29) is 31.2 Å². The van der Waals surface area contributed by atoms with Gasteiger partial charge in [-0.15, -0.1) is 11.8 Å². The van der Waals surface area contributed by atoms with E-state index in [9.17, 15) is 19.5 Å². The van der Waals surface area contributed by atoms with Gasteiger partial charge in [0.05, 0.1) is 4.75 Å². The van der Waals surface area contributed by atoms with E-state index in [4.69, 9.17) is 9.47 Å². The standard InChI is InChI=1S/C52H52N2O6S/c1-5-54(47(49(56)57)35-61-52(37-19-9-6-10-20-37,38-21-11-7-12-22-38)39-23-13-8-14-24-39)48(55)46(33-36-29-31-40(32-30-36)60-51(2,3)4)53-50(58)59-34-45-43-27-17-15-25-41(43)42-26-16-18-28-44(42)45/h6-32,45-47H,5,33-35H2,1-4H3,(H,53,58)(H,56,57)/t46-,47-/m0/s1. The fraction of sp³-hybridized carbons (Fsp3) is 0.250. The Kier molecular flexibility index (Phi) is 13.3. The summed E-state index contributed by atoms with van der Waals surface area (Å²) in [6.07, 6.45) is -0.669. The zero-order valence-electron chi connectivity index (χ0n) is 35.0. The van der Waals surface area contributed by atoms with Crippen molar-refractivity contribution in [3.63, 3.8) is 0 Å². The van der Waals surface area contributed by atoms with Crippen LogP contribution in [0.5, 0.6) is 5.75 Å². The monoisotopic (exact) mass is 832 g/mol. The van der Waals surface area contributed by atoms with Crippen LogP contribution >= 0.6 is 11.8 Å². The molecule has 2 N–H and O–H groups in total. The van der Waals surface area contributed by atoms with Gasteiger partial charge < -0.3 is 24.8 Å². The van der Waals surface area contributed by atoms with Crippen molar-refractivity contribution < 1.29 is 29.0 Å². The van der Waals surface area contributed by atoms with Crippen molar-refractivity contribution in [3.8, 4) is 16.9 Å². The van der Waals surface area contributed by atoms with Gasteiger partial charge in [-0.25, -0.2) is 9.59 Å². The lowest BCUT2D eigenvalue weighted by Gasteiger charge is -2.38. The van der Waals surface area contributed by atoms with Crippen LogP contribution in [0.15, 0.2) is 164 Å². The molecule has 0 bridgehead atoms. The number of benzene rings is 6. The van der Waals surface area contributed by atoms with Crippen molar-refractivity contribution in [1.29, 1.82) is 0 Å². The Bertz CT molecular complexity index is 2280. The van der Waals surface area contributed by atoms with Crippen LogP contribution in [0.4, 0.5) is 4.79 Å². The first-order valence-electron chi connectivity index (χ1n) is 20.7. The summed E-state index contributed by atoms with van der Waals surface area (Å²) < 4.78 is 11.2. The largest absolute Gasteiger partial charge is 0.488 e. The first kappa shape index (κ1) is 42.8. The number of carboxylic acids is 1. The van der Waals surface area contributed by atoms with E-state index < -0.39 is 40.4 Å². The minimum atomic E-state index is -1.24. The number of amides is 2. The number of fused-ring (bicyclic) bond motifs is 3. The number of rotatable bonds is 16. The smallest absolute Gasteiger partial charge is 0.407 e. The summed E-state index contributed by atoms with van der Waals surface area (Å²) in [5, 5.41) is 13.8. The summed E-state index contributed by atoms with van der Waals surface area (Å²) >= 11 is 1.47. The number of nitrogens with one attached hydrogen (secondary N) is 1. The van der Waals surface area contributed by atoms with Crippen LogP contribution in [0, 0.1) is 0 Å². The second kappa shape index (κ2) is 18.9. The third-order valence-corrected chi connectivity index (χ3v) is 12.6. The molecule has 2 atom stereocenters. The molecule has 1 aliphatic carbocycles. The lowest BCUT2D eigenvalue weighted by atomic mass is 9.84. The third kappa shape index (κ3) is 9.68. The van der Waals surface area contributed by atoms with Crippen LogP contribution in [-0.2, 0) is 25.5 Å². The predicted molar refractivity (Wildman–Crippen MR) is 243 cm³/mol. The van der Waals surface area contributed by atoms with Crippen molar-refractivity contribution in [2.24, 2.45) is 0 Å². The van der Waals surface area contributed by atoms with Crippen LogP contribution in [-0.4, -0.2) is 64.6 Å². The molecule has 1 aliphatic rings. The van der Waals surface area contributed by atoms with Gasteiger partial charge in [0.25, 0.3) is 0 Å². The molecule has 61 heavy (non-hydrogen) atoms. The van der Waals surface area contributed by atoms with Gasteiger partial charge in [-0.1, -0.05) is 152 Å². The molecular formula is C52H52N2O6S. The number of likely N-dealkylation sites (N-methyl/N-ethyl adjacent to an activating group) is 1. The van der Waals surface area contributed by atoms with E-state index >= 15 is 0 Å². The highest BCUT2D eigenvalue weighted by molar-refractivity contribution is 8.00. The van der Waals surface area contributed by atoms with Crippen LogP contribution in [0.1, 0.15) is 67.0 Å². The minimum Gasteiger partial charge on any atom is -0.488 e. The molecule has 9 heteroatoms. The van der Waals surface area contributed by atoms with E-state index in [2.05, 4.69) is 53.8 Å². The Balaban J connectivity index is 1.18. The first-order valence-corrected chi connectivity index (χ1v) is 21.7. The van der Waals surface area contributed by atoms with Gasteiger partial charge in [-0.2, -0.15) is 0 Å². The Hall–Kier alpha value is -6.32. The number of nitrogens with zero attached hydrogens (tertiary/aromatic N) is 1. The molecule has 312 valence electrons. The Morgan fingerprint density at radius 2 is 1.16 bits per heavy atom. The summed E-state index contributed by atoms with van der Waals surface area (Å²) in [5.74, 6) is -1.13. The number of ether oxygens (including phenoxy) is 2. The molecule has 8 nitrogen and oxygen atoms in total. The molecular weight excluding hydrogens is 781 g/mol. The topological polar surface area (TPSA) is 105 Å². The average Bonchev–Trinajstić information content (AvgIpc) is 3.59. The maximum atomic E-state index is 14.9. The highest BCUT2D eigenvalue weighted by Gasteiger charge is 2.41. The lowest BCUT2D eigenvalue weighted by molar-refractivity contribution is -0.149. The van der Waals surface area contributed by atoms with Crippen LogP contribution in [0.2, 0.25) is 0 Å². The van der Waals surface area contributed by atoms with Gasteiger partial charge in [-0.05, 0) is 84.3 Å². The van der Waals surface area contributed by atoms with Gasteiger partial charge in [0, 0.05) is 24.6 Å². The van der Waals surface area contributed by atoms with Gasteiger partial charge >= 0.3 is 12.1 Å². The van der Waals surface area contributed by atoms with Crippen molar-refractivity contribution in [2.45, 2.75) is 62.5 Å². The minimum absolute atomic E-state index is 0.0457. The molecule has 0 radical (unpaired) electrons. The summed E-state index contributed by atoms with van der Waals surface area (Å²) in [7, 11) is 0. The van der Waals surface area contributed by atoms with Gasteiger partial charge in [0.15, 0.2) is 0 Å². The number of alkyl carbamates (subject to hydrolysis) is 1. The van der Waals surface area contributed by atoms with Gasteiger partial charge in [0.2, 0.25) is 5.91 Å². The number of carboxylic acid groups (broad SMARTS) is 1. The third-order valence-electron chi connectivity index (χ3n) is 11.0. The number of thioether (sulfide) groups is 1. The molecule has 2 amide bonds. The highest BCUT2D eigenvalue weighted by atomic mass is 32.2. The molecule has 0 aromatic heterocycles. The molecule has 6 aromatic carbocycles. The van der Waals surface area contributed by atoms with E-state index in [1.165, 1.54) is 16.7 Å². The molecule has 0 spiro atoms.